The van der Waals surface area contributed by atoms with Gasteiger partial charge in [0.2, 0.25) is 0 Å². The van der Waals surface area contributed by atoms with Crippen molar-refractivity contribution >= 4 is 11.6 Å². The maximum atomic E-state index is 12.5. The zero-order chi connectivity index (χ0) is 16.9. The van der Waals surface area contributed by atoms with E-state index >= 15 is 0 Å². The average molecular weight is 324 g/mol. The van der Waals surface area contributed by atoms with E-state index in [1.54, 1.807) is 7.11 Å². The van der Waals surface area contributed by atoms with Gasteiger partial charge in [0.1, 0.15) is 0 Å². The van der Waals surface area contributed by atoms with Gasteiger partial charge in [0.25, 0.3) is 5.91 Å². The van der Waals surface area contributed by atoms with Crippen LogP contribution >= 0.6 is 0 Å². The Morgan fingerprint density at radius 2 is 1.71 bits per heavy atom. The molecule has 4 heteroatoms. The number of methoxy groups -OCH3 is 1. The van der Waals surface area contributed by atoms with Crippen LogP contribution in [0, 0.1) is 0 Å². The van der Waals surface area contributed by atoms with Crippen LogP contribution in [0.4, 0.5) is 5.69 Å². The van der Waals surface area contributed by atoms with Gasteiger partial charge in [-0.3, -0.25) is 4.79 Å². The van der Waals surface area contributed by atoms with Gasteiger partial charge in [-0.25, -0.2) is 0 Å². The first kappa shape index (κ1) is 16.5. The van der Waals surface area contributed by atoms with Crippen molar-refractivity contribution in [1.82, 2.24) is 4.90 Å². The first-order chi connectivity index (χ1) is 11.7. The number of benzene rings is 2. The third-order valence-electron chi connectivity index (χ3n) is 4.55. The molecular formula is C20H24N2O2. The summed E-state index contributed by atoms with van der Waals surface area (Å²) in [5, 5.41) is 0. The molecule has 2 aromatic rings. The maximum Gasteiger partial charge on any atom is 0.253 e. The number of anilines is 1. The summed E-state index contributed by atoms with van der Waals surface area (Å²) in [4.78, 5) is 16.7. The summed E-state index contributed by atoms with van der Waals surface area (Å²) < 4.78 is 5.08. The summed E-state index contributed by atoms with van der Waals surface area (Å²) in [6, 6.07) is 16.5. The van der Waals surface area contributed by atoms with Gasteiger partial charge < -0.3 is 14.5 Å². The Balaban J connectivity index is 1.69. The molecule has 24 heavy (non-hydrogen) atoms. The smallest absolute Gasteiger partial charge is 0.253 e. The summed E-state index contributed by atoms with van der Waals surface area (Å²) in [7, 11) is 1.65. The van der Waals surface area contributed by atoms with Crippen molar-refractivity contribution in [1.29, 1.82) is 0 Å². The lowest BCUT2D eigenvalue weighted by molar-refractivity contribution is 0.0706. The van der Waals surface area contributed by atoms with Gasteiger partial charge in [-0.05, 0) is 42.3 Å². The molecule has 4 nitrogen and oxygen atoms in total. The molecule has 0 aliphatic carbocycles. The molecule has 126 valence electrons. The molecule has 0 unspecified atom stereocenters. The Morgan fingerprint density at radius 3 is 2.25 bits per heavy atom. The fraction of sp³-hybridized carbons (Fsp3) is 0.350. The van der Waals surface area contributed by atoms with Crippen LogP contribution in [0.3, 0.4) is 0 Å². The van der Waals surface area contributed by atoms with Crippen LogP contribution in [-0.2, 0) is 17.8 Å². The van der Waals surface area contributed by atoms with Crippen molar-refractivity contribution in [2.24, 2.45) is 0 Å². The van der Waals surface area contributed by atoms with E-state index in [9.17, 15) is 4.79 Å². The quantitative estimate of drug-likeness (QED) is 0.817. The molecule has 0 saturated carbocycles. The number of carbonyl (C=O) groups is 1. The van der Waals surface area contributed by atoms with E-state index in [0.29, 0.717) is 19.7 Å². The van der Waals surface area contributed by atoms with Gasteiger partial charge in [0.05, 0.1) is 6.61 Å². The highest BCUT2D eigenvalue weighted by atomic mass is 16.5. The predicted molar refractivity (Wildman–Crippen MR) is 96.2 cm³/mol. The van der Waals surface area contributed by atoms with Crippen LogP contribution in [0.5, 0.6) is 0 Å². The summed E-state index contributed by atoms with van der Waals surface area (Å²) in [5.41, 5.74) is 4.65. The molecule has 0 bridgehead atoms. The molecule has 0 atom stereocenters. The Labute approximate surface area is 143 Å². The minimum Gasteiger partial charge on any atom is -0.383 e. The second kappa shape index (κ2) is 7.49. The van der Waals surface area contributed by atoms with Crippen LogP contribution in [0.2, 0.25) is 0 Å². The topological polar surface area (TPSA) is 32.8 Å². The normalized spacial score (nSPS) is 13.0. The standard InChI is InChI=1S/C20H24N2O2/c1-3-21(12-13-24-2)20(23)16-8-10-19(11-9-16)22-14-17-6-4-5-7-18(17)15-22/h4-11H,3,12-15H2,1-2H3. The van der Waals surface area contributed by atoms with E-state index < -0.39 is 0 Å². The van der Waals surface area contributed by atoms with Crippen molar-refractivity contribution in [3.8, 4) is 0 Å². The molecule has 1 heterocycles. The molecule has 0 fully saturated rings. The molecule has 2 aromatic carbocycles. The third-order valence-corrected chi connectivity index (χ3v) is 4.55. The molecule has 1 amide bonds. The fourth-order valence-electron chi connectivity index (χ4n) is 3.12. The monoisotopic (exact) mass is 324 g/mol. The van der Waals surface area contributed by atoms with Crippen molar-refractivity contribution in [2.45, 2.75) is 20.0 Å². The number of likely N-dealkylation sites (N-methyl/N-ethyl adjacent to an activating group) is 1. The minimum atomic E-state index is 0.0609. The molecule has 0 aromatic heterocycles. The first-order valence-corrected chi connectivity index (χ1v) is 8.43. The van der Waals surface area contributed by atoms with Crippen LogP contribution in [0.1, 0.15) is 28.4 Å². The molecule has 0 spiro atoms. The van der Waals surface area contributed by atoms with Gasteiger partial charge in [-0.15, -0.1) is 0 Å². The number of fused-ring (bicyclic) bond motifs is 1. The zero-order valence-corrected chi connectivity index (χ0v) is 14.4. The van der Waals surface area contributed by atoms with Crippen molar-refractivity contribution < 1.29 is 9.53 Å². The van der Waals surface area contributed by atoms with E-state index in [4.69, 9.17) is 4.74 Å². The number of nitrogens with zero attached hydrogens (tertiary/aromatic N) is 2. The molecule has 3 rings (SSSR count). The van der Waals surface area contributed by atoms with Crippen LogP contribution in [0.15, 0.2) is 48.5 Å². The molecule has 0 saturated heterocycles. The average Bonchev–Trinajstić information content (AvgIpc) is 3.06. The van der Waals surface area contributed by atoms with Gasteiger partial charge in [-0.2, -0.15) is 0 Å². The third kappa shape index (κ3) is 3.44. The Hall–Kier alpha value is -2.33. The van der Waals surface area contributed by atoms with Crippen LogP contribution in [0.25, 0.3) is 0 Å². The number of ether oxygens (including phenoxy) is 1. The molecule has 0 N–H and O–H groups in total. The molecular weight excluding hydrogens is 300 g/mol. The van der Waals surface area contributed by atoms with E-state index in [1.807, 2.05) is 36.1 Å². The lowest BCUT2D eigenvalue weighted by atomic mass is 10.1. The molecule has 1 aliphatic heterocycles. The highest BCUT2D eigenvalue weighted by Crippen LogP contribution is 2.28. The van der Waals surface area contributed by atoms with E-state index in [-0.39, 0.29) is 5.91 Å². The summed E-state index contributed by atoms with van der Waals surface area (Å²) in [5.74, 6) is 0.0609. The molecule has 0 radical (unpaired) electrons. The first-order valence-electron chi connectivity index (χ1n) is 8.43. The number of amides is 1. The van der Waals surface area contributed by atoms with Gasteiger partial charge in [0.15, 0.2) is 0 Å². The summed E-state index contributed by atoms with van der Waals surface area (Å²) >= 11 is 0. The van der Waals surface area contributed by atoms with Crippen LogP contribution in [-0.4, -0.2) is 37.6 Å². The highest BCUT2D eigenvalue weighted by molar-refractivity contribution is 5.94. The number of rotatable bonds is 6. The SMILES string of the molecule is CCN(CCOC)C(=O)c1ccc(N2Cc3ccccc3C2)cc1. The van der Waals surface area contributed by atoms with Gasteiger partial charge >= 0.3 is 0 Å². The number of hydrogen-bond acceptors (Lipinski definition) is 3. The zero-order valence-electron chi connectivity index (χ0n) is 14.4. The largest absolute Gasteiger partial charge is 0.383 e. The van der Waals surface area contributed by atoms with Crippen molar-refractivity contribution in [2.75, 3.05) is 31.7 Å². The Kier molecular flexibility index (Phi) is 5.16. The van der Waals surface area contributed by atoms with Gasteiger partial charge in [0, 0.05) is 44.5 Å². The molecule has 1 aliphatic rings. The number of hydrogen-bond donors (Lipinski definition) is 0. The Morgan fingerprint density at radius 1 is 1.08 bits per heavy atom. The second-order valence-electron chi connectivity index (χ2n) is 6.05. The minimum absolute atomic E-state index is 0.0609. The summed E-state index contributed by atoms with van der Waals surface area (Å²) in [6.45, 7) is 5.71. The number of carbonyl (C=O) groups excluding carboxylic acids is 1. The fourth-order valence-corrected chi connectivity index (χ4v) is 3.12. The van der Waals surface area contributed by atoms with E-state index in [1.165, 1.54) is 11.1 Å². The van der Waals surface area contributed by atoms with Gasteiger partial charge in [-0.1, -0.05) is 24.3 Å². The lowest BCUT2D eigenvalue weighted by Gasteiger charge is -2.21. The Bertz CT molecular complexity index is 672. The van der Waals surface area contributed by atoms with E-state index in [0.717, 1.165) is 24.3 Å². The van der Waals surface area contributed by atoms with E-state index in [2.05, 4.69) is 29.2 Å². The van der Waals surface area contributed by atoms with Crippen molar-refractivity contribution in [3.05, 3.63) is 65.2 Å². The van der Waals surface area contributed by atoms with Crippen LogP contribution < -0.4 is 4.90 Å². The lowest BCUT2D eigenvalue weighted by Crippen LogP contribution is -2.33. The highest BCUT2D eigenvalue weighted by Gasteiger charge is 2.19. The van der Waals surface area contributed by atoms with Crippen molar-refractivity contribution in [3.63, 3.8) is 0 Å². The maximum absolute atomic E-state index is 12.5. The predicted octanol–water partition coefficient (Wildman–Crippen LogP) is 3.32. The second-order valence-corrected chi connectivity index (χ2v) is 6.05. The summed E-state index contributed by atoms with van der Waals surface area (Å²) in [6.07, 6.45) is 0.